The van der Waals surface area contributed by atoms with E-state index in [0.29, 0.717) is 23.3 Å². The minimum Gasteiger partial charge on any atom is -0.365 e. The topological polar surface area (TPSA) is 66.9 Å². The lowest BCUT2D eigenvalue weighted by atomic mass is 10.1. The number of nitrogens with one attached hydrogen (secondary N) is 2. The summed E-state index contributed by atoms with van der Waals surface area (Å²) in [7, 11) is 0. The van der Waals surface area contributed by atoms with Crippen LogP contribution in [0.3, 0.4) is 0 Å². The number of hydrogen-bond donors (Lipinski definition) is 2. The smallest absolute Gasteiger partial charge is 0.227 e. The van der Waals surface area contributed by atoms with Gasteiger partial charge in [-0.3, -0.25) is 4.79 Å². The second-order valence-electron chi connectivity index (χ2n) is 6.88. The summed E-state index contributed by atoms with van der Waals surface area (Å²) in [4.78, 5) is 20.5. The predicted molar refractivity (Wildman–Crippen MR) is 104 cm³/mol. The van der Waals surface area contributed by atoms with E-state index in [0.717, 1.165) is 36.9 Å². The van der Waals surface area contributed by atoms with Crippen molar-refractivity contribution in [3.8, 4) is 0 Å². The zero-order valence-corrected chi connectivity index (χ0v) is 14.9. The van der Waals surface area contributed by atoms with Gasteiger partial charge in [0.25, 0.3) is 0 Å². The zero-order chi connectivity index (χ0) is 18.6. The van der Waals surface area contributed by atoms with Crippen LogP contribution in [0.2, 0.25) is 0 Å². The van der Waals surface area contributed by atoms with E-state index in [1.807, 2.05) is 24.3 Å². The van der Waals surface area contributed by atoms with Crippen LogP contribution in [0.1, 0.15) is 31.2 Å². The third kappa shape index (κ3) is 3.89. The Hall–Kier alpha value is -3.02. The summed E-state index contributed by atoms with van der Waals surface area (Å²) >= 11 is 0. The number of nitrogens with zero attached hydrogens (tertiary/aromatic N) is 2. The molecule has 0 aliphatic heterocycles. The van der Waals surface area contributed by atoms with E-state index in [-0.39, 0.29) is 17.6 Å². The second kappa shape index (κ2) is 7.70. The highest BCUT2D eigenvalue weighted by Gasteiger charge is 2.22. The molecule has 1 aliphatic rings. The Bertz CT molecular complexity index is 969. The van der Waals surface area contributed by atoms with Gasteiger partial charge in [0, 0.05) is 23.5 Å². The molecule has 4 rings (SSSR count). The number of halogens is 1. The first-order valence-corrected chi connectivity index (χ1v) is 9.23. The monoisotopic (exact) mass is 364 g/mol. The van der Waals surface area contributed by atoms with Gasteiger partial charge < -0.3 is 10.6 Å². The summed E-state index contributed by atoms with van der Waals surface area (Å²) in [5.74, 6) is 0.457. The van der Waals surface area contributed by atoms with E-state index in [9.17, 15) is 9.18 Å². The number of benzene rings is 2. The summed E-state index contributed by atoms with van der Waals surface area (Å²) in [5.41, 5.74) is 2.10. The number of anilines is 2. The fraction of sp³-hybridized carbons (Fsp3) is 0.286. The molecule has 5 nitrogen and oxygen atoms in total. The Labute approximate surface area is 157 Å². The number of aromatic nitrogens is 2. The molecule has 1 aliphatic carbocycles. The number of carbonyl (C=O) groups is 1. The molecule has 1 aromatic heterocycles. The first-order valence-electron chi connectivity index (χ1n) is 9.23. The van der Waals surface area contributed by atoms with Crippen molar-refractivity contribution in [3.05, 3.63) is 60.2 Å². The minimum atomic E-state index is -0.366. The quantitative estimate of drug-likeness (QED) is 0.699. The van der Waals surface area contributed by atoms with Crippen LogP contribution >= 0.6 is 0 Å². The van der Waals surface area contributed by atoms with E-state index >= 15 is 0 Å². The van der Waals surface area contributed by atoms with Crippen LogP contribution in [0.15, 0.2) is 48.8 Å². The van der Waals surface area contributed by atoms with Gasteiger partial charge in [-0.25, -0.2) is 14.4 Å². The largest absolute Gasteiger partial charge is 0.365 e. The first kappa shape index (κ1) is 17.4. The minimum absolute atomic E-state index is 0.106. The highest BCUT2D eigenvalue weighted by atomic mass is 19.1. The van der Waals surface area contributed by atoms with Gasteiger partial charge in [-0.05, 0) is 42.7 Å². The summed E-state index contributed by atoms with van der Waals surface area (Å²) < 4.78 is 13.9. The Kier molecular flexibility index (Phi) is 4.96. The average Bonchev–Trinajstić information content (AvgIpc) is 3.22. The lowest BCUT2D eigenvalue weighted by molar-refractivity contribution is -0.119. The molecule has 1 saturated carbocycles. The van der Waals surface area contributed by atoms with Gasteiger partial charge >= 0.3 is 0 Å². The molecule has 0 spiro atoms. The fourth-order valence-electron chi connectivity index (χ4n) is 3.57. The Morgan fingerprint density at radius 2 is 1.93 bits per heavy atom. The van der Waals surface area contributed by atoms with E-state index < -0.39 is 0 Å². The molecule has 0 radical (unpaired) electrons. The molecule has 3 aromatic rings. The highest BCUT2D eigenvalue weighted by molar-refractivity contribution is 5.92. The van der Waals surface area contributed by atoms with Gasteiger partial charge in [0.05, 0.1) is 0 Å². The molecule has 2 aromatic carbocycles. The van der Waals surface area contributed by atoms with Gasteiger partial charge in [-0.15, -0.1) is 0 Å². The van der Waals surface area contributed by atoms with Crippen LogP contribution in [-0.2, 0) is 11.3 Å². The maximum atomic E-state index is 13.9. The highest BCUT2D eigenvalue weighted by Crippen LogP contribution is 2.26. The second-order valence-corrected chi connectivity index (χ2v) is 6.88. The SMILES string of the molecule is O=C(Nc1cccc(CNc2ncnc3c(F)cccc23)c1)C1CCCC1. The Morgan fingerprint density at radius 1 is 1.11 bits per heavy atom. The van der Waals surface area contributed by atoms with E-state index in [4.69, 9.17) is 0 Å². The first-order chi connectivity index (χ1) is 13.2. The van der Waals surface area contributed by atoms with Gasteiger partial charge in [-0.2, -0.15) is 0 Å². The molecule has 1 heterocycles. The van der Waals surface area contributed by atoms with Gasteiger partial charge in [0.1, 0.15) is 23.5 Å². The zero-order valence-electron chi connectivity index (χ0n) is 14.9. The van der Waals surface area contributed by atoms with Crippen molar-refractivity contribution in [3.63, 3.8) is 0 Å². The van der Waals surface area contributed by atoms with Crippen molar-refractivity contribution in [2.45, 2.75) is 32.2 Å². The van der Waals surface area contributed by atoms with Crippen molar-refractivity contribution in [1.29, 1.82) is 0 Å². The maximum Gasteiger partial charge on any atom is 0.227 e. The number of rotatable bonds is 5. The summed E-state index contributed by atoms with van der Waals surface area (Å²) in [6, 6.07) is 12.6. The number of fused-ring (bicyclic) bond motifs is 1. The Balaban J connectivity index is 1.46. The molecular weight excluding hydrogens is 343 g/mol. The van der Waals surface area contributed by atoms with Crippen molar-refractivity contribution in [1.82, 2.24) is 9.97 Å². The molecule has 6 heteroatoms. The van der Waals surface area contributed by atoms with Crippen LogP contribution in [0, 0.1) is 11.7 Å². The van der Waals surface area contributed by atoms with Crippen LogP contribution in [0.25, 0.3) is 10.9 Å². The third-order valence-corrected chi connectivity index (χ3v) is 5.00. The number of amides is 1. The number of carbonyl (C=O) groups excluding carboxylic acids is 1. The lowest BCUT2D eigenvalue weighted by Gasteiger charge is -2.12. The molecule has 27 heavy (non-hydrogen) atoms. The molecule has 1 amide bonds. The number of para-hydroxylation sites is 1. The van der Waals surface area contributed by atoms with Gasteiger partial charge in [0.15, 0.2) is 0 Å². The summed E-state index contributed by atoms with van der Waals surface area (Å²) in [5, 5.41) is 6.90. The van der Waals surface area contributed by atoms with Crippen molar-refractivity contribution < 1.29 is 9.18 Å². The molecule has 0 atom stereocenters. The van der Waals surface area contributed by atoms with Crippen LogP contribution < -0.4 is 10.6 Å². The predicted octanol–water partition coefficient (Wildman–Crippen LogP) is 4.51. The molecule has 2 N–H and O–H groups in total. The van der Waals surface area contributed by atoms with Gasteiger partial charge in [0.2, 0.25) is 5.91 Å². The van der Waals surface area contributed by atoms with Crippen molar-refractivity contribution in [2.24, 2.45) is 5.92 Å². The Morgan fingerprint density at radius 3 is 2.78 bits per heavy atom. The lowest BCUT2D eigenvalue weighted by Crippen LogP contribution is -2.20. The van der Waals surface area contributed by atoms with E-state index in [1.165, 1.54) is 12.4 Å². The molecule has 1 fully saturated rings. The van der Waals surface area contributed by atoms with Crippen LogP contribution in [0.5, 0.6) is 0 Å². The maximum absolute atomic E-state index is 13.9. The van der Waals surface area contributed by atoms with E-state index in [2.05, 4.69) is 20.6 Å². The molecule has 0 saturated heterocycles. The summed E-state index contributed by atoms with van der Waals surface area (Å²) in [6.07, 6.45) is 5.58. The molecule has 138 valence electrons. The molecule has 0 unspecified atom stereocenters. The van der Waals surface area contributed by atoms with Crippen molar-refractivity contribution in [2.75, 3.05) is 10.6 Å². The van der Waals surface area contributed by atoms with Crippen LogP contribution in [-0.4, -0.2) is 15.9 Å². The normalized spacial score (nSPS) is 14.4. The fourth-order valence-corrected chi connectivity index (χ4v) is 3.57. The van der Waals surface area contributed by atoms with E-state index in [1.54, 1.807) is 12.1 Å². The average molecular weight is 364 g/mol. The van der Waals surface area contributed by atoms with Gasteiger partial charge in [-0.1, -0.05) is 31.0 Å². The molecular formula is C21H21FN4O. The number of hydrogen-bond acceptors (Lipinski definition) is 4. The van der Waals surface area contributed by atoms with Crippen LogP contribution in [0.4, 0.5) is 15.9 Å². The molecule has 0 bridgehead atoms. The standard InChI is InChI=1S/C21H21FN4O/c22-18-10-4-9-17-19(18)24-13-25-20(17)23-12-14-5-3-8-16(11-14)26-21(27)15-6-1-2-7-15/h3-5,8-11,13,15H,1-2,6-7,12H2,(H,26,27)(H,23,24,25). The summed E-state index contributed by atoms with van der Waals surface area (Å²) in [6.45, 7) is 0.510. The third-order valence-electron chi connectivity index (χ3n) is 5.00. The van der Waals surface area contributed by atoms with Crippen molar-refractivity contribution >= 4 is 28.3 Å².